The molecule has 0 amide bonds. The molecule has 2 aromatic rings. The molecule has 0 aliphatic carbocycles. The standard InChI is InChI=1S/C13H16N4O/c1-18-7-6-15-8-11-9-16-13(17-10-11)12-2-4-14-5-3-12/h2-5,9-10,15H,6-8H2,1H3. The summed E-state index contributed by atoms with van der Waals surface area (Å²) in [6, 6.07) is 3.79. The van der Waals surface area contributed by atoms with E-state index < -0.39 is 0 Å². The Balaban J connectivity index is 1.94. The molecule has 0 spiro atoms. The van der Waals surface area contributed by atoms with E-state index in [9.17, 15) is 0 Å². The summed E-state index contributed by atoms with van der Waals surface area (Å²) in [7, 11) is 1.69. The van der Waals surface area contributed by atoms with Crippen molar-refractivity contribution in [2.24, 2.45) is 0 Å². The maximum absolute atomic E-state index is 4.96. The summed E-state index contributed by atoms with van der Waals surface area (Å²) in [5.41, 5.74) is 2.04. The van der Waals surface area contributed by atoms with Crippen molar-refractivity contribution in [3.05, 3.63) is 42.5 Å². The second-order valence-corrected chi connectivity index (χ2v) is 3.82. The van der Waals surface area contributed by atoms with Crippen LogP contribution in [0.5, 0.6) is 0 Å². The Morgan fingerprint density at radius 1 is 1.17 bits per heavy atom. The number of rotatable bonds is 6. The Hall–Kier alpha value is -1.85. The van der Waals surface area contributed by atoms with Crippen LogP contribution in [0.3, 0.4) is 0 Å². The number of ether oxygens (including phenoxy) is 1. The topological polar surface area (TPSA) is 59.9 Å². The van der Waals surface area contributed by atoms with Crippen molar-refractivity contribution in [1.29, 1.82) is 0 Å². The van der Waals surface area contributed by atoms with Gasteiger partial charge in [0.25, 0.3) is 0 Å². The highest BCUT2D eigenvalue weighted by molar-refractivity contribution is 5.53. The third-order valence-electron chi connectivity index (χ3n) is 2.46. The molecule has 18 heavy (non-hydrogen) atoms. The van der Waals surface area contributed by atoms with Gasteiger partial charge in [0.1, 0.15) is 0 Å². The van der Waals surface area contributed by atoms with Crippen molar-refractivity contribution >= 4 is 0 Å². The van der Waals surface area contributed by atoms with E-state index >= 15 is 0 Å². The molecule has 2 rings (SSSR count). The van der Waals surface area contributed by atoms with Crippen molar-refractivity contribution in [2.75, 3.05) is 20.3 Å². The van der Waals surface area contributed by atoms with Crippen molar-refractivity contribution in [2.45, 2.75) is 6.54 Å². The fourth-order valence-corrected chi connectivity index (χ4v) is 1.50. The summed E-state index contributed by atoms with van der Waals surface area (Å²) in [6.45, 7) is 2.28. The first-order chi connectivity index (χ1) is 8.90. The SMILES string of the molecule is COCCNCc1cnc(-c2ccncc2)nc1. The maximum Gasteiger partial charge on any atom is 0.159 e. The van der Waals surface area contributed by atoms with Crippen LogP contribution >= 0.6 is 0 Å². The van der Waals surface area contributed by atoms with E-state index in [0.29, 0.717) is 6.61 Å². The van der Waals surface area contributed by atoms with Crippen molar-refractivity contribution in [1.82, 2.24) is 20.3 Å². The Morgan fingerprint density at radius 2 is 1.89 bits per heavy atom. The van der Waals surface area contributed by atoms with Gasteiger partial charge in [-0.05, 0) is 12.1 Å². The van der Waals surface area contributed by atoms with Crippen LogP contribution in [0.1, 0.15) is 5.56 Å². The van der Waals surface area contributed by atoms with Gasteiger partial charge in [0.05, 0.1) is 6.61 Å². The lowest BCUT2D eigenvalue weighted by atomic mass is 10.2. The quantitative estimate of drug-likeness (QED) is 0.775. The molecule has 0 saturated heterocycles. The van der Waals surface area contributed by atoms with E-state index in [1.165, 1.54) is 0 Å². The number of methoxy groups -OCH3 is 1. The highest BCUT2D eigenvalue weighted by atomic mass is 16.5. The number of nitrogens with one attached hydrogen (secondary N) is 1. The van der Waals surface area contributed by atoms with Gasteiger partial charge in [-0.15, -0.1) is 0 Å². The van der Waals surface area contributed by atoms with Crippen LogP contribution < -0.4 is 5.32 Å². The number of hydrogen-bond acceptors (Lipinski definition) is 5. The molecule has 1 N–H and O–H groups in total. The van der Waals surface area contributed by atoms with Gasteiger partial charge in [-0.2, -0.15) is 0 Å². The zero-order valence-electron chi connectivity index (χ0n) is 10.3. The number of pyridine rings is 1. The molecule has 5 heteroatoms. The molecule has 0 aromatic carbocycles. The third kappa shape index (κ3) is 3.58. The smallest absolute Gasteiger partial charge is 0.159 e. The molecule has 0 radical (unpaired) electrons. The second-order valence-electron chi connectivity index (χ2n) is 3.82. The van der Waals surface area contributed by atoms with Crippen LogP contribution in [0.4, 0.5) is 0 Å². The van der Waals surface area contributed by atoms with Gasteiger partial charge >= 0.3 is 0 Å². The Morgan fingerprint density at radius 3 is 2.56 bits per heavy atom. The lowest BCUT2D eigenvalue weighted by molar-refractivity contribution is 0.199. The zero-order chi connectivity index (χ0) is 12.6. The molecule has 0 saturated carbocycles. The molecular formula is C13H16N4O. The molecule has 2 heterocycles. The minimum absolute atomic E-state index is 0.704. The van der Waals surface area contributed by atoms with E-state index in [1.54, 1.807) is 19.5 Å². The van der Waals surface area contributed by atoms with E-state index in [4.69, 9.17) is 4.74 Å². The summed E-state index contributed by atoms with van der Waals surface area (Å²) >= 11 is 0. The molecule has 0 aliphatic heterocycles. The summed E-state index contributed by atoms with van der Waals surface area (Å²) in [6.07, 6.45) is 7.14. The normalized spacial score (nSPS) is 10.5. The van der Waals surface area contributed by atoms with Gasteiger partial charge in [0.2, 0.25) is 0 Å². The highest BCUT2D eigenvalue weighted by Gasteiger charge is 2.00. The Labute approximate surface area is 106 Å². The number of hydrogen-bond donors (Lipinski definition) is 1. The lowest BCUT2D eigenvalue weighted by Gasteiger charge is -2.04. The van der Waals surface area contributed by atoms with E-state index in [0.717, 1.165) is 30.0 Å². The van der Waals surface area contributed by atoms with Gasteiger partial charge in [0.15, 0.2) is 5.82 Å². The van der Waals surface area contributed by atoms with Crippen LogP contribution in [0.25, 0.3) is 11.4 Å². The van der Waals surface area contributed by atoms with Gasteiger partial charge in [-0.25, -0.2) is 9.97 Å². The molecular weight excluding hydrogens is 228 g/mol. The summed E-state index contributed by atoms with van der Waals surface area (Å²) in [5.74, 6) is 0.720. The molecule has 2 aromatic heterocycles. The lowest BCUT2D eigenvalue weighted by Crippen LogP contribution is -2.18. The Kier molecular flexibility index (Phi) is 4.75. The second kappa shape index (κ2) is 6.78. The van der Waals surface area contributed by atoms with Gasteiger partial charge in [-0.1, -0.05) is 0 Å². The summed E-state index contributed by atoms with van der Waals surface area (Å²) < 4.78 is 4.96. The van der Waals surface area contributed by atoms with Crippen LogP contribution in [0, 0.1) is 0 Å². The first-order valence-corrected chi connectivity index (χ1v) is 5.81. The zero-order valence-corrected chi connectivity index (χ0v) is 10.3. The van der Waals surface area contributed by atoms with E-state index in [-0.39, 0.29) is 0 Å². The molecule has 5 nitrogen and oxygen atoms in total. The van der Waals surface area contributed by atoms with Crippen LogP contribution in [0.15, 0.2) is 36.9 Å². The molecule has 0 atom stereocenters. The third-order valence-corrected chi connectivity index (χ3v) is 2.46. The van der Waals surface area contributed by atoms with Crippen molar-refractivity contribution < 1.29 is 4.74 Å². The molecule has 0 bridgehead atoms. The fraction of sp³-hybridized carbons (Fsp3) is 0.308. The summed E-state index contributed by atoms with van der Waals surface area (Å²) in [4.78, 5) is 12.6. The first-order valence-electron chi connectivity index (χ1n) is 5.81. The fourth-order valence-electron chi connectivity index (χ4n) is 1.50. The number of aromatic nitrogens is 3. The predicted octanol–water partition coefficient (Wildman–Crippen LogP) is 1.27. The van der Waals surface area contributed by atoms with Gasteiger partial charge in [0, 0.05) is 56.1 Å². The van der Waals surface area contributed by atoms with Crippen molar-refractivity contribution in [3.8, 4) is 11.4 Å². The van der Waals surface area contributed by atoms with Gasteiger partial charge < -0.3 is 10.1 Å². The highest BCUT2D eigenvalue weighted by Crippen LogP contribution is 2.11. The van der Waals surface area contributed by atoms with Crippen LogP contribution in [-0.4, -0.2) is 35.2 Å². The maximum atomic E-state index is 4.96. The average molecular weight is 244 g/mol. The monoisotopic (exact) mass is 244 g/mol. The first kappa shape index (κ1) is 12.6. The minimum Gasteiger partial charge on any atom is -0.383 e. The molecule has 0 fully saturated rings. The van der Waals surface area contributed by atoms with E-state index in [2.05, 4.69) is 20.3 Å². The molecule has 0 aliphatic rings. The van der Waals surface area contributed by atoms with Crippen molar-refractivity contribution in [3.63, 3.8) is 0 Å². The molecule has 0 unspecified atom stereocenters. The van der Waals surface area contributed by atoms with Gasteiger partial charge in [-0.3, -0.25) is 4.98 Å². The average Bonchev–Trinajstić information content (AvgIpc) is 2.45. The number of nitrogens with zero attached hydrogens (tertiary/aromatic N) is 3. The Bertz CT molecular complexity index is 458. The van der Waals surface area contributed by atoms with Crippen LogP contribution in [0.2, 0.25) is 0 Å². The minimum atomic E-state index is 0.704. The van der Waals surface area contributed by atoms with Crippen LogP contribution in [-0.2, 0) is 11.3 Å². The largest absolute Gasteiger partial charge is 0.383 e. The molecule has 94 valence electrons. The summed E-state index contributed by atoms with van der Waals surface area (Å²) in [5, 5.41) is 3.25. The predicted molar refractivity (Wildman–Crippen MR) is 68.8 cm³/mol. The van der Waals surface area contributed by atoms with E-state index in [1.807, 2.05) is 24.5 Å².